The van der Waals surface area contributed by atoms with Crippen LogP contribution in [-0.2, 0) is 33.5 Å². The predicted molar refractivity (Wildman–Crippen MR) is 77.0 cm³/mol. The van der Waals surface area contributed by atoms with Crippen LogP contribution in [0.15, 0.2) is 0 Å². The van der Waals surface area contributed by atoms with Gasteiger partial charge in [-0.3, -0.25) is 19.2 Å². The van der Waals surface area contributed by atoms with Gasteiger partial charge >= 0.3 is 124 Å². The molecule has 0 saturated carbocycles. The molecule has 0 fully saturated rings. The Morgan fingerprint density at radius 3 is 1.03 bits per heavy atom. The van der Waals surface area contributed by atoms with Crippen molar-refractivity contribution in [3.05, 3.63) is 0 Å². The van der Waals surface area contributed by atoms with E-state index in [4.69, 9.17) is 20.4 Å². The number of ether oxygens (including phenoxy) is 1. The molecule has 0 radical (unpaired) electrons. The first-order valence-corrected chi connectivity index (χ1v) is 6.30. The van der Waals surface area contributed by atoms with Gasteiger partial charge in [-0.15, -0.1) is 0 Å². The minimum Gasteiger partial charge on any atom is -1.00 e. The van der Waals surface area contributed by atoms with Crippen molar-refractivity contribution in [2.75, 3.05) is 0 Å². The van der Waals surface area contributed by atoms with Crippen molar-refractivity contribution < 1.29 is 163 Å². The average molecular weight is 456 g/mol. The first kappa shape index (κ1) is 39.4. The van der Waals surface area contributed by atoms with Crippen molar-refractivity contribution in [1.82, 2.24) is 0 Å². The summed E-state index contributed by atoms with van der Waals surface area (Å²) in [6, 6.07) is 0. The number of aliphatic carboxylic acids is 4. The number of esters is 2. The summed E-state index contributed by atoms with van der Waals surface area (Å²) in [5.74, 6) is -11.2. The van der Waals surface area contributed by atoms with E-state index in [1.165, 1.54) is 0 Å². The van der Waals surface area contributed by atoms with Crippen molar-refractivity contribution in [2.45, 2.75) is 36.9 Å². The summed E-state index contributed by atoms with van der Waals surface area (Å²) in [5.41, 5.74) is -6.18. The second-order valence-electron chi connectivity index (χ2n) is 5.01. The molecule has 14 nitrogen and oxygen atoms in total. The van der Waals surface area contributed by atoms with Gasteiger partial charge in [-0.1, -0.05) is 0 Å². The van der Waals surface area contributed by atoms with E-state index in [1.54, 1.807) is 0 Å². The molecule has 0 spiro atoms. The summed E-state index contributed by atoms with van der Waals surface area (Å²) >= 11 is 0. The monoisotopic (exact) mass is 456 g/mol. The largest absolute Gasteiger partial charge is 1.00 e. The molecule has 154 valence electrons. The quantitative estimate of drug-likeness (QED) is 0.101. The smallest absolute Gasteiger partial charge is 1.00 e. The molecule has 0 aromatic heterocycles. The van der Waals surface area contributed by atoms with E-state index in [-0.39, 0.29) is 98.4 Å². The topological polar surface area (TPSA) is 265 Å². The molecule has 0 saturated heterocycles. The first-order valence-electron chi connectivity index (χ1n) is 6.30. The molecule has 2 unspecified atom stereocenters. The van der Waals surface area contributed by atoms with E-state index in [0.29, 0.717) is 0 Å². The Morgan fingerprint density at radius 2 is 0.862 bits per heavy atom. The van der Waals surface area contributed by atoms with Gasteiger partial charge < -0.3 is 45.1 Å². The normalized spacial score (nSPS) is 13.2. The van der Waals surface area contributed by atoms with Crippen LogP contribution < -0.4 is 88.7 Å². The zero-order valence-electron chi connectivity index (χ0n) is 18.9. The maximum Gasteiger partial charge on any atom is 1.00 e. The van der Waals surface area contributed by atoms with Crippen molar-refractivity contribution in [3.63, 3.8) is 0 Å². The number of carbonyl (C=O) groups is 6. The minimum atomic E-state index is -3.09. The second kappa shape index (κ2) is 16.6. The second-order valence-corrected chi connectivity index (χ2v) is 5.01. The van der Waals surface area contributed by atoms with Gasteiger partial charge in [-0.25, -0.2) is 9.59 Å². The first-order chi connectivity index (χ1) is 11.2. The van der Waals surface area contributed by atoms with E-state index in [1.807, 2.05) is 0 Å². The molecule has 17 heteroatoms. The Labute approximate surface area is 233 Å². The maximum absolute atomic E-state index is 11.4. The molecule has 0 rings (SSSR count). The number of carbonyl (C=O) groups excluding carboxylic acids is 2. The fourth-order valence-corrected chi connectivity index (χ4v) is 1.60. The fraction of sp³-hybridized carbons (Fsp3) is 0.500. The van der Waals surface area contributed by atoms with Crippen molar-refractivity contribution in [3.8, 4) is 0 Å². The van der Waals surface area contributed by atoms with Crippen LogP contribution in [0.2, 0.25) is 0 Å². The van der Waals surface area contributed by atoms with Gasteiger partial charge in [0.15, 0.2) is 11.2 Å². The van der Waals surface area contributed by atoms with Crippen LogP contribution in [0.3, 0.4) is 0 Å². The number of carboxylic acid groups (broad SMARTS) is 4. The molecular formula is C12H19Na3O14. The van der Waals surface area contributed by atoms with Gasteiger partial charge in [-0.2, -0.15) is 0 Å². The van der Waals surface area contributed by atoms with Crippen LogP contribution in [-0.4, -0.2) is 83.1 Å². The van der Waals surface area contributed by atoms with Crippen LogP contribution in [0.1, 0.15) is 30.0 Å². The third-order valence-corrected chi connectivity index (χ3v) is 2.78. The number of aliphatic hydroxyl groups is 2. The van der Waals surface area contributed by atoms with Gasteiger partial charge in [-0.05, 0) is 0 Å². The Hall–Kier alpha value is -0.100. The van der Waals surface area contributed by atoms with Crippen LogP contribution >= 0.6 is 0 Å². The van der Waals surface area contributed by atoms with Gasteiger partial charge in [0.05, 0.1) is 25.7 Å². The SMILES string of the molecule is O.O=C(O)CC(O)(CC(=O)OC(=O)CC(O)(CC(=O)O)C(=O)O)C(=O)O.[H-].[H-].[H-].[Na+].[Na+].[Na+]. The Bertz CT molecular complexity index is 585. The molecule has 0 aromatic carbocycles. The molecule has 2 atom stereocenters. The zero-order chi connectivity index (χ0) is 20.0. The summed E-state index contributed by atoms with van der Waals surface area (Å²) in [6.45, 7) is 0. The molecule has 0 bridgehead atoms. The van der Waals surface area contributed by atoms with E-state index >= 15 is 0 Å². The van der Waals surface area contributed by atoms with Gasteiger partial charge in [0.2, 0.25) is 0 Å². The maximum atomic E-state index is 11.4. The third kappa shape index (κ3) is 14.5. The van der Waals surface area contributed by atoms with E-state index in [0.717, 1.165) is 0 Å². The molecule has 29 heavy (non-hydrogen) atoms. The number of carboxylic acids is 4. The standard InChI is InChI=1S/C12H14O13.3Na.H2O.3H/c13-5(14)1-11(23,9(19)20)3-7(17)25-8(18)4-12(24,10(21)22)2-6(15)16;;;;;;;/h23-24H,1-4H2,(H,13,14)(H,15,16)(H,19,20)(H,21,22);;;;1H2;;;/q;3*+1;;3*-1. The third-order valence-electron chi connectivity index (χ3n) is 2.78. The van der Waals surface area contributed by atoms with E-state index < -0.39 is 72.7 Å². The van der Waals surface area contributed by atoms with Crippen molar-refractivity contribution in [1.29, 1.82) is 0 Å². The summed E-state index contributed by atoms with van der Waals surface area (Å²) in [5, 5.41) is 53.6. The molecule has 0 heterocycles. The summed E-state index contributed by atoms with van der Waals surface area (Å²) in [4.78, 5) is 65.5. The van der Waals surface area contributed by atoms with Crippen LogP contribution in [0, 0.1) is 0 Å². The Balaban J connectivity index is -0.000000137. The van der Waals surface area contributed by atoms with Gasteiger partial charge in [0, 0.05) is 0 Å². The molecular weight excluding hydrogens is 437 g/mol. The van der Waals surface area contributed by atoms with E-state index in [2.05, 4.69) is 4.74 Å². The Kier molecular flexibility index (Phi) is 22.5. The predicted octanol–water partition coefficient (Wildman–Crippen LogP) is -12.1. The van der Waals surface area contributed by atoms with Crippen LogP contribution in [0.4, 0.5) is 0 Å². The number of rotatable bonds is 10. The molecule has 8 N–H and O–H groups in total. The van der Waals surface area contributed by atoms with Gasteiger partial charge in [0.25, 0.3) is 0 Å². The molecule has 0 aromatic rings. The molecule has 0 aliphatic heterocycles. The van der Waals surface area contributed by atoms with Crippen molar-refractivity contribution in [2.24, 2.45) is 0 Å². The zero-order valence-corrected chi connectivity index (χ0v) is 21.9. The molecule has 0 aliphatic carbocycles. The number of hydrogen-bond donors (Lipinski definition) is 6. The number of hydrogen-bond acceptors (Lipinski definition) is 9. The fourth-order valence-electron chi connectivity index (χ4n) is 1.60. The van der Waals surface area contributed by atoms with Crippen molar-refractivity contribution >= 4 is 35.8 Å². The van der Waals surface area contributed by atoms with Crippen LogP contribution in [0.25, 0.3) is 0 Å². The van der Waals surface area contributed by atoms with E-state index in [9.17, 15) is 39.0 Å². The van der Waals surface area contributed by atoms with Crippen LogP contribution in [0.5, 0.6) is 0 Å². The summed E-state index contributed by atoms with van der Waals surface area (Å²) < 4.78 is 3.99. The Morgan fingerprint density at radius 1 is 0.621 bits per heavy atom. The molecule has 0 aliphatic rings. The molecule has 0 amide bonds. The van der Waals surface area contributed by atoms with Gasteiger partial charge in [0.1, 0.15) is 0 Å². The average Bonchev–Trinajstić information content (AvgIpc) is 2.34. The summed E-state index contributed by atoms with van der Waals surface area (Å²) in [6.07, 6.45) is -5.73. The minimum absolute atomic E-state index is 0. The summed E-state index contributed by atoms with van der Waals surface area (Å²) in [7, 11) is 0.